The zero-order chi connectivity index (χ0) is 23.4. The number of rotatable bonds is 6. The van der Waals surface area contributed by atoms with Crippen LogP contribution in [0.4, 0.5) is 10.8 Å². The van der Waals surface area contributed by atoms with Crippen LogP contribution in [0.5, 0.6) is 0 Å². The van der Waals surface area contributed by atoms with Gasteiger partial charge in [0.2, 0.25) is 11.8 Å². The highest BCUT2D eigenvalue weighted by Gasteiger charge is 2.27. The number of nitrogens with one attached hydrogen (secondary N) is 2. The van der Waals surface area contributed by atoms with Gasteiger partial charge in [0, 0.05) is 25.3 Å². The SMILES string of the molecule is CCNC(=O)[C@H]1CCCN(c2nc3ncn(CC(=O)Nc4cccc(C#N)c4)c(=O)c3s2)C1. The molecule has 3 aromatic rings. The van der Waals surface area contributed by atoms with E-state index in [0.717, 1.165) is 19.4 Å². The summed E-state index contributed by atoms with van der Waals surface area (Å²) in [4.78, 5) is 48.4. The third kappa shape index (κ3) is 5.01. The molecule has 0 saturated carbocycles. The lowest BCUT2D eigenvalue weighted by atomic mass is 9.97. The van der Waals surface area contributed by atoms with Crippen molar-refractivity contribution in [1.29, 1.82) is 5.26 Å². The molecule has 1 aromatic carbocycles. The zero-order valence-corrected chi connectivity index (χ0v) is 18.9. The molecule has 2 amide bonds. The standard InChI is InChI=1S/C22H23N7O3S/c1-2-24-20(31)15-6-4-8-28(11-15)22-27-19-18(33-22)21(32)29(13-25-19)12-17(30)26-16-7-3-5-14(9-16)10-23/h3,5,7,9,13,15H,2,4,6,8,11-12H2,1H3,(H,24,31)(H,26,30)/t15-/m0/s1. The van der Waals surface area contributed by atoms with Gasteiger partial charge < -0.3 is 15.5 Å². The second-order valence-corrected chi connectivity index (χ2v) is 8.72. The molecule has 2 aromatic heterocycles. The Morgan fingerprint density at radius 3 is 3.00 bits per heavy atom. The predicted molar refractivity (Wildman–Crippen MR) is 125 cm³/mol. The number of benzene rings is 1. The first-order chi connectivity index (χ1) is 16.0. The van der Waals surface area contributed by atoms with Crippen molar-refractivity contribution in [2.24, 2.45) is 5.92 Å². The fourth-order valence-electron chi connectivity index (χ4n) is 3.79. The summed E-state index contributed by atoms with van der Waals surface area (Å²) in [7, 11) is 0. The third-order valence-corrected chi connectivity index (χ3v) is 6.47. The number of fused-ring (bicyclic) bond motifs is 1. The van der Waals surface area contributed by atoms with Gasteiger partial charge in [-0.1, -0.05) is 17.4 Å². The number of thiazole rings is 1. The zero-order valence-electron chi connectivity index (χ0n) is 18.1. The van der Waals surface area contributed by atoms with E-state index in [-0.39, 0.29) is 23.9 Å². The van der Waals surface area contributed by atoms with Crippen LogP contribution in [-0.4, -0.2) is 46.0 Å². The normalized spacial score (nSPS) is 15.8. The van der Waals surface area contributed by atoms with Crippen molar-refractivity contribution in [2.75, 3.05) is 29.9 Å². The fraction of sp³-hybridized carbons (Fsp3) is 0.364. The number of carbonyl (C=O) groups is 2. The summed E-state index contributed by atoms with van der Waals surface area (Å²) in [5.74, 6) is -0.479. The van der Waals surface area contributed by atoms with Gasteiger partial charge in [-0.05, 0) is 38.0 Å². The van der Waals surface area contributed by atoms with Gasteiger partial charge >= 0.3 is 0 Å². The molecule has 1 aliphatic heterocycles. The van der Waals surface area contributed by atoms with Crippen molar-refractivity contribution in [3.63, 3.8) is 0 Å². The van der Waals surface area contributed by atoms with E-state index in [2.05, 4.69) is 20.6 Å². The van der Waals surface area contributed by atoms with E-state index in [9.17, 15) is 14.4 Å². The molecule has 170 valence electrons. The van der Waals surface area contributed by atoms with Crippen molar-refractivity contribution < 1.29 is 9.59 Å². The lowest BCUT2D eigenvalue weighted by Gasteiger charge is -2.31. The van der Waals surface area contributed by atoms with Gasteiger partial charge in [0.05, 0.1) is 17.6 Å². The number of nitriles is 1. The number of hydrogen-bond donors (Lipinski definition) is 2. The highest BCUT2D eigenvalue weighted by molar-refractivity contribution is 7.22. The largest absolute Gasteiger partial charge is 0.356 e. The topological polar surface area (TPSA) is 133 Å². The van der Waals surface area contributed by atoms with Crippen molar-refractivity contribution in [3.8, 4) is 6.07 Å². The minimum absolute atomic E-state index is 0.0371. The lowest BCUT2D eigenvalue weighted by molar-refractivity contribution is -0.125. The van der Waals surface area contributed by atoms with Crippen LogP contribution in [0.15, 0.2) is 35.4 Å². The van der Waals surface area contributed by atoms with E-state index >= 15 is 0 Å². The molecule has 0 spiro atoms. The van der Waals surface area contributed by atoms with Crippen LogP contribution in [-0.2, 0) is 16.1 Å². The average Bonchev–Trinajstić information content (AvgIpc) is 3.26. The Kier molecular flexibility index (Phi) is 6.65. The number of carbonyl (C=O) groups excluding carboxylic acids is 2. The molecule has 3 heterocycles. The van der Waals surface area contributed by atoms with Crippen molar-refractivity contribution in [3.05, 3.63) is 46.5 Å². The number of amides is 2. The molecule has 1 aliphatic rings. The molecule has 1 saturated heterocycles. The summed E-state index contributed by atoms with van der Waals surface area (Å²) in [6.45, 7) is 3.58. The van der Waals surface area contributed by atoms with Gasteiger partial charge in [0.25, 0.3) is 5.56 Å². The van der Waals surface area contributed by atoms with E-state index in [0.29, 0.717) is 39.8 Å². The smallest absolute Gasteiger partial charge is 0.273 e. The molecule has 0 unspecified atom stereocenters. The highest BCUT2D eigenvalue weighted by Crippen LogP contribution is 2.29. The number of hydrogen-bond acceptors (Lipinski definition) is 8. The molecule has 33 heavy (non-hydrogen) atoms. The van der Waals surface area contributed by atoms with Gasteiger partial charge in [0.15, 0.2) is 10.8 Å². The third-order valence-electron chi connectivity index (χ3n) is 5.38. The van der Waals surface area contributed by atoms with Crippen LogP contribution in [0.25, 0.3) is 10.3 Å². The minimum atomic E-state index is -0.404. The predicted octanol–water partition coefficient (Wildman–Crippen LogP) is 1.72. The van der Waals surface area contributed by atoms with Gasteiger partial charge in [-0.2, -0.15) is 10.2 Å². The van der Waals surface area contributed by atoms with E-state index in [1.807, 2.05) is 17.9 Å². The summed E-state index contributed by atoms with van der Waals surface area (Å²) in [5.41, 5.74) is 0.894. The number of aromatic nitrogens is 3. The Morgan fingerprint density at radius 2 is 2.21 bits per heavy atom. The Hall–Kier alpha value is -3.78. The Labute approximate surface area is 193 Å². The van der Waals surface area contributed by atoms with Gasteiger partial charge in [-0.3, -0.25) is 19.0 Å². The lowest BCUT2D eigenvalue weighted by Crippen LogP contribution is -2.43. The summed E-state index contributed by atoms with van der Waals surface area (Å²) < 4.78 is 1.61. The maximum atomic E-state index is 13.0. The molecule has 2 N–H and O–H groups in total. The highest BCUT2D eigenvalue weighted by atomic mass is 32.1. The molecule has 10 nitrogen and oxygen atoms in total. The van der Waals surface area contributed by atoms with E-state index < -0.39 is 5.91 Å². The molecule has 4 rings (SSSR count). The van der Waals surface area contributed by atoms with Gasteiger partial charge in [-0.25, -0.2) is 4.98 Å². The van der Waals surface area contributed by atoms with Gasteiger partial charge in [0.1, 0.15) is 17.6 Å². The maximum Gasteiger partial charge on any atom is 0.273 e. The van der Waals surface area contributed by atoms with Crippen LogP contribution in [0, 0.1) is 17.2 Å². The Balaban J connectivity index is 1.50. The summed E-state index contributed by atoms with van der Waals surface area (Å²) >= 11 is 1.23. The quantitative estimate of drug-likeness (QED) is 0.566. The molecule has 11 heteroatoms. The van der Waals surface area contributed by atoms with Crippen LogP contribution in [0.1, 0.15) is 25.3 Å². The van der Waals surface area contributed by atoms with Crippen molar-refractivity contribution >= 4 is 44.3 Å². The second kappa shape index (κ2) is 9.79. The number of nitrogens with zero attached hydrogens (tertiary/aromatic N) is 5. The average molecular weight is 466 g/mol. The van der Waals surface area contributed by atoms with E-state index in [4.69, 9.17) is 5.26 Å². The molecule has 1 atom stereocenters. The van der Waals surface area contributed by atoms with Crippen molar-refractivity contribution in [1.82, 2.24) is 19.9 Å². The monoisotopic (exact) mass is 465 g/mol. The number of anilines is 2. The van der Waals surface area contributed by atoms with E-state index in [1.54, 1.807) is 24.3 Å². The van der Waals surface area contributed by atoms with Crippen LogP contribution in [0.3, 0.4) is 0 Å². The summed E-state index contributed by atoms with van der Waals surface area (Å²) in [5, 5.41) is 15.2. The summed E-state index contributed by atoms with van der Waals surface area (Å²) in [6, 6.07) is 8.56. The molecule has 1 fully saturated rings. The minimum Gasteiger partial charge on any atom is -0.356 e. The maximum absolute atomic E-state index is 13.0. The second-order valence-electron chi connectivity index (χ2n) is 7.75. The number of piperidine rings is 1. The van der Waals surface area contributed by atoms with Crippen LogP contribution < -0.4 is 21.1 Å². The first-order valence-electron chi connectivity index (χ1n) is 10.7. The Bertz CT molecular complexity index is 1290. The molecular formula is C22H23N7O3S. The first kappa shape index (κ1) is 22.4. The van der Waals surface area contributed by atoms with E-state index in [1.165, 1.54) is 22.2 Å². The Morgan fingerprint density at radius 1 is 1.36 bits per heavy atom. The molecule has 0 radical (unpaired) electrons. The van der Waals surface area contributed by atoms with Crippen molar-refractivity contribution in [2.45, 2.75) is 26.3 Å². The van der Waals surface area contributed by atoms with Gasteiger partial charge in [-0.15, -0.1) is 0 Å². The molecule has 0 aliphatic carbocycles. The molecular weight excluding hydrogens is 442 g/mol. The first-order valence-corrected chi connectivity index (χ1v) is 11.5. The molecule has 0 bridgehead atoms. The summed E-state index contributed by atoms with van der Waals surface area (Å²) in [6.07, 6.45) is 3.00. The van der Waals surface area contributed by atoms with Crippen LogP contribution in [0.2, 0.25) is 0 Å². The van der Waals surface area contributed by atoms with Crippen LogP contribution >= 0.6 is 11.3 Å². The fourth-order valence-corrected chi connectivity index (χ4v) is 4.79.